The monoisotopic (exact) mass is 521 g/mol. The van der Waals surface area contributed by atoms with Crippen LogP contribution in [0.1, 0.15) is 0 Å². The van der Waals surface area contributed by atoms with Gasteiger partial charge in [0.05, 0.1) is 5.69 Å². The van der Waals surface area contributed by atoms with Crippen LogP contribution in [0.25, 0.3) is 54.2 Å². The van der Waals surface area contributed by atoms with Crippen molar-refractivity contribution in [3.05, 3.63) is 164 Å². The molecule has 0 aromatic heterocycles. The maximum Gasteiger partial charge on any atom is 0.0546 e. The molecule has 41 heavy (non-hydrogen) atoms. The number of benzene rings is 8. The van der Waals surface area contributed by atoms with Gasteiger partial charge in [0.1, 0.15) is 0 Å². The first kappa shape index (κ1) is 23.5. The molecule has 0 radical (unpaired) electrons. The van der Waals surface area contributed by atoms with Crippen LogP contribution in [-0.4, -0.2) is 0 Å². The molecule has 0 amide bonds. The van der Waals surface area contributed by atoms with Gasteiger partial charge < -0.3 is 4.90 Å². The second-order valence-electron chi connectivity index (χ2n) is 10.5. The minimum Gasteiger partial charge on any atom is -0.310 e. The number of para-hydroxylation sites is 2. The van der Waals surface area contributed by atoms with Crippen LogP contribution in [0.15, 0.2) is 164 Å². The first-order valence-electron chi connectivity index (χ1n) is 14.1. The van der Waals surface area contributed by atoms with Crippen LogP contribution in [0.4, 0.5) is 17.1 Å². The summed E-state index contributed by atoms with van der Waals surface area (Å²) in [4.78, 5) is 2.39. The van der Waals surface area contributed by atoms with Crippen molar-refractivity contribution >= 4 is 60.2 Å². The summed E-state index contributed by atoms with van der Waals surface area (Å²) in [6.07, 6.45) is 0. The predicted molar refractivity (Wildman–Crippen MR) is 177 cm³/mol. The van der Waals surface area contributed by atoms with Gasteiger partial charge >= 0.3 is 0 Å². The van der Waals surface area contributed by atoms with Crippen LogP contribution in [0.3, 0.4) is 0 Å². The Morgan fingerprint density at radius 1 is 0.293 bits per heavy atom. The SMILES string of the molecule is c1ccc(-c2ccc3c(c2)c2ccccc2c2cc(N(c4ccccc4)c4ccccc4)c4ccccc4c32)cc1. The lowest BCUT2D eigenvalue weighted by Gasteiger charge is -2.28. The van der Waals surface area contributed by atoms with Crippen molar-refractivity contribution in [1.82, 2.24) is 0 Å². The van der Waals surface area contributed by atoms with Gasteiger partial charge in [0, 0.05) is 16.8 Å². The van der Waals surface area contributed by atoms with Crippen LogP contribution >= 0.6 is 0 Å². The summed E-state index contributed by atoms with van der Waals surface area (Å²) in [5, 5.41) is 10.2. The van der Waals surface area contributed by atoms with E-state index in [0.29, 0.717) is 0 Å². The molecule has 0 spiro atoms. The van der Waals surface area contributed by atoms with E-state index in [1.807, 2.05) is 0 Å². The van der Waals surface area contributed by atoms with Crippen molar-refractivity contribution < 1.29 is 0 Å². The van der Waals surface area contributed by atoms with E-state index >= 15 is 0 Å². The summed E-state index contributed by atoms with van der Waals surface area (Å²) in [5.41, 5.74) is 5.93. The Bertz CT molecular complexity index is 2140. The highest BCUT2D eigenvalue weighted by molar-refractivity contribution is 6.33. The third-order valence-electron chi connectivity index (χ3n) is 8.20. The molecule has 192 valence electrons. The van der Waals surface area contributed by atoms with Gasteiger partial charge in [0.2, 0.25) is 0 Å². The van der Waals surface area contributed by atoms with E-state index in [0.717, 1.165) is 11.4 Å². The van der Waals surface area contributed by atoms with E-state index in [9.17, 15) is 0 Å². The van der Waals surface area contributed by atoms with E-state index in [1.54, 1.807) is 0 Å². The fraction of sp³-hybridized carbons (Fsp3) is 0. The molecule has 0 N–H and O–H groups in total. The number of hydrogen-bond donors (Lipinski definition) is 0. The molecule has 0 unspecified atom stereocenters. The summed E-state index contributed by atoms with van der Waals surface area (Å²) in [5.74, 6) is 0. The van der Waals surface area contributed by atoms with Gasteiger partial charge in [-0.2, -0.15) is 0 Å². The van der Waals surface area contributed by atoms with Gasteiger partial charge in [0.25, 0.3) is 0 Å². The number of anilines is 3. The van der Waals surface area contributed by atoms with Crippen molar-refractivity contribution in [3.8, 4) is 11.1 Å². The lowest BCUT2D eigenvalue weighted by atomic mass is 9.88. The molecule has 0 heterocycles. The first-order chi connectivity index (χ1) is 20.4. The topological polar surface area (TPSA) is 3.24 Å². The van der Waals surface area contributed by atoms with E-state index < -0.39 is 0 Å². The third kappa shape index (κ3) is 3.86. The van der Waals surface area contributed by atoms with E-state index in [-0.39, 0.29) is 0 Å². The smallest absolute Gasteiger partial charge is 0.0546 e. The van der Waals surface area contributed by atoms with Gasteiger partial charge in [-0.15, -0.1) is 0 Å². The summed E-state index contributed by atoms with van der Waals surface area (Å²) < 4.78 is 0. The van der Waals surface area contributed by atoms with Crippen LogP contribution in [0.2, 0.25) is 0 Å². The summed E-state index contributed by atoms with van der Waals surface area (Å²) in [6.45, 7) is 0. The van der Waals surface area contributed by atoms with Gasteiger partial charge in [-0.05, 0) is 85.2 Å². The Hall–Kier alpha value is -5.40. The quantitative estimate of drug-likeness (QED) is 0.208. The highest BCUT2D eigenvalue weighted by atomic mass is 15.1. The van der Waals surface area contributed by atoms with Crippen molar-refractivity contribution in [2.24, 2.45) is 0 Å². The molecule has 0 aliphatic heterocycles. The fourth-order valence-electron chi connectivity index (χ4n) is 6.37. The van der Waals surface area contributed by atoms with Crippen LogP contribution < -0.4 is 4.90 Å². The first-order valence-corrected chi connectivity index (χ1v) is 14.1. The molecule has 1 nitrogen and oxygen atoms in total. The van der Waals surface area contributed by atoms with Gasteiger partial charge in [-0.3, -0.25) is 0 Å². The Morgan fingerprint density at radius 2 is 0.780 bits per heavy atom. The molecule has 0 fully saturated rings. The van der Waals surface area contributed by atoms with Crippen LogP contribution in [0.5, 0.6) is 0 Å². The van der Waals surface area contributed by atoms with E-state index in [4.69, 9.17) is 0 Å². The number of rotatable bonds is 4. The summed E-state index contributed by atoms with van der Waals surface area (Å²) in [6, 6.07) is 59.2. The normalized spacial score (nSPS) is 11.4. The predicted octanol–water partition coefficient (Wildman–Crippen LogP) is 11.4. The molecule has 1 heteroatoms. The largest absolute Gasteiger partial charge is 0.310 e. The molecule has 8 rings (SSSR count). The highest BCUT2D eigenvalue weighted by Gasteiger charge is 2.19. The molecule has 0 saturated heterocycles. The average molecular weight is 522 g/mol. The molecule has 8 aromatic rings. The van der Waals surface area contributed by atoms with Crippen molar-refractivity contribution in [2.45, 2.75) is 0 Å². The van der Waals surface area contributed by atoms with Crippen LogP contribution in [0, 0.1) is 0 Å². The number of fused-ring (bicyclic) bond motifs is 8. The second kappa shape index (κ2) is 9.66. The molecular weight excluding hydrogens is 494 g/mol. The molecule has 0 atom stereocenters. The number of hydrogen-bond acceptors (Lipinski definition) is 1. The molecule has 0 bridgehead atoms. The molecule has 0 saturated carbocycles. The standard InChI is InChI=1S/C40H27N/c1-4-14-28(15-5-1)29-24-25-36-37(26-29)32-20-10-11-21-33(32)38-27-39(34-22-12-13-23-35(34)40(36)38)41(30-16-6-2-7-17-30)31-18-8-3-9-19-31/h1-27H. The average Bonchev–Trinajstić information content (AvgIpc) is 3.06. The molecule has 0 aliphatic rings. The maximum absolute atomic E-state index is 2.41. The molecule has 8 aromatic carbocycles. The minimum absolute atomic E-state index is 1.14. The summed E-state index contributed by atoms with van der Waals surface area (Å²) >= 11 is 0. The van der Waals surface area contributed by atoms with Gasteiger partial charge in [-0.25, -0.2) is 0 Å². The van der Waals surface area contributed by atoms with Crippen molar-refractivity contribution in [1.29, 1.82) is 0 Å². The molecular formula is C40H27N. The van der Waals surface area contributed by atoms with E-state index in [2.05, 4.69) is 169 Å². The Balaban J connectivity index is 1.52. The Morgan fingerprint density at radius 3 is 1.41 bits per heavy atom. The zero-order valence-electron chi connectivity index (χ0n) is 22.5. The fourth-order valence-corrected chi connectivity index (χ4v) is 6.37. The second-order valence-corrected chi connectivity index (χ2v) is 10.5. The highest BCUT2D eigenvalue weighted by Crippen LogP contribution is 2.46. The van der Waals surface area contributed by atoms with Gasteiger partial charge in [0.15, 0.2) is 0 Å². The Kier molecular flexibility index (Phi) is 5.53. The zero-order chi connectivity index (χ0) is 27.2. The maximum atomic E-state index is 2.41. The third-order valence-corrected chi connectivity index (χ3v) is 8.20. The van der Waals surface area contributed by atoms with Crippen molar-refractivity contribution in [2.75, 3.05) is 4.90 Å². The number of nitrogens with zero attached hydrogens (tertiary/aromatic N) is 1. The van der Waals surface area contributed by atoms with E-state index in [1.165, 1.54) is 59.9 Å². The van der Waals surface area contributed by atoms with Crippen LogP contribution in [-0.2, 0) is 0 Å². The molecule has 0 aliphatic carbocycles. The van der Waals surface area contributed by atoms with Gasteiger partial charge in [-0.1, -0.05) is 127 Å². The van der Waals surface area contributed by atoms with Crippen molar-refractivity contribution in [3.63, 3.8) is 0 Å². The summed E-state index contributed by atoms with van der Waals surface area (Å²) in [7, 11) is 0. The lowest BCUT2D eigenvalue weighted by molar-refractivity contribution is 1.30. The lowest BCUT2D eigenvalue weighted by Crippen LogP contribution is -2.10. The minimum atomic E-state index is 1.14. The Labute approximate surface area is 239 Å². The zero-order valence-corrected chi connectivity index (χ0v) is 22.5.